The van der Waals surface area contributed by atoms with Crippen molar-refractivity contribution in [3.8, 4) is 0 Å². The zero-order valence-electron chi connectivity index (χ0n) is 22.3. The van der Waals surface area contributed by atoms with Crippen LogP contribution in [0.4, 0.5) is 11.4 Å². The molecule has 4 aliphatic rings. The number of cyclic esters (lactones) is 1. The highest BCUT2D eigenvalue weighted by molar-refractivity contribution is 6.05. The SMILES string of the molecule is CC[C@@H](CO)N1C(=O)[C@@H]2[C@H]3C(=O)OCCC=C[C@H]3O[C@@]23C=CCN(c2ccc(N(CC)CC)cc2)C(=O)C13. The van der Waals surface area contributed by atoms with Crippen LogP contribution in [0.1, 0.15) is 33.6 Å². The van der Waals surface area contributed by atoms with Crippen molar-refractivity contribution in [3.05, 3.63) is 48.6 Å². The number of hydrogen-bond acceptors (Lipinski definition) is 7. The van der Waals surface area contributed by atoms with Crippen molar-refractivity contribution in [1.82, 2.24) is 4.90 Å². The third-order valence-corrected chi connectivity index (χ3v) is 8.42. The van der Waals surface area contributed by atoms with E-state index in [1.165, 1.54) is 4.90 Å². The minimum Gasteiger partial charge on any atom is -0.465 e. The molecule has 38 heavy (non-hydrogen) atoms. The first-order valence-corrected chi connectivity index (χ1v) is 13.7. The second-order valence-electron chi connectivity index (χ2n) is 10.3. The number of carbonyl (C=O) groups is 3. The van der Waals surface area contributed by atoms with E-state index >= 15 is 0 Å². The van der Waals surface area contributed by atoms with Crippen molar-refractivity contribution in [2.24, 2.45) is 11.8 Å². The number of carbonyl (C=O) groups excluding carboxylic acids is 3. The molecule has 0 aliphatic carbocycles. The van der Waals surface area contributed by atoms with Crippen LogP contribution in [0.3, 0.4) is 0 Å². The number of likely N-dealkylation sites (tertiary alicyclic amines) is 1. The van der Waals surface area contributed by atoms with Crippen molar-refractivity contribution in [2.45, 2.75) is 57.4 Å². The predicted molar refractivity (Wildman–Crippen MR) is 143 cm³/mol. The number of nitrogens with zero attached hydrogens (tertiary/aromatic N) is 3. The summed E-state index contributed by atoms with van der Waals surface area (Å²) in [5.41, 5.74) is 0.442. The van der Waals surface area contributed by atoms with E-state index in [0.717, 1.165) is 18.8 Å². The summed E-state index contributed by atoms with van der Waals surface area (Å²) in [5.74, 6) is -2.91. The van der Waals surface area contributed by atoms with Crippen LogP contribution in [0.25, 0.3) is 0 Å². The van der Waals surface area contributed by atoms with Crippen molar-refractivity contribution in [2.75, 3.05) is 42.6 Å². The van der Waals surface area contributed by atoms with Crippen LogP contribution in [0.2, 0.25) is 0 Å². The summed E-state index contributed by atoms with van der Waals surface area (Å²) in [4.78, 5) is 47.0. The first kappa shape index (κ1) is 26.4. The molecule has 5 rings (SSSR count). The molecule has 1 aromatic carbocycles. The molecule has 4 aliphatic heterocycles. The lowest BCUT2D eigenvalue weighted by molar-refractivity contribution is -0.155. The number of aliphatic hydroxyl groups excluding tert-OH is 1. The fourth-order valence-corrected chi connectivity index (χ4v) is 6.52. The molecule has 9 nitrogen and oxygen atoms in total. The normalized spacial score (nSPS) is 31.2. The van der Waals surface area contributed by atoms with Gasteiger partial charge in [-0.25, -0.2) is 0 Å². The minimum absolute atomic E-state index is 0.236. The lowest BCUT2D eigenvalue weighted by atomic mass is 9.77. The minimum atomic E-state index is -1.34. The molecular weight excluding hydrogens is 486 g/mol. The van der Waals surface area contributed by atoms with E-state index in [2.05, 4.69) is 18.7 Å². The molecule has 2 fully saturated rings. The average Bonchev–Trinajstić information content (AvgIpc) is 3.30. The third-order valence-electron chi connectivity index (χ3n) is 8.42. The maximum atomic E-state index is 14.4. The van der Waals surface area contributed by atoms with E-state index in [1.807, 2.05) is 49.4 Å². The number of hydrogen-bond donors (Lipinski definition) is 1. The van der Waals surface area contributed by atoms with E-state index < -0.39 is 41.6 Å². The van der Waals surface area contributed by atoms with Gasteiger partial charge < -0.3 is 29.3 Å². The van der Waals surface area contributed by atoms with Gasteiger partial charge in [0.15, 0.2) is 0 Å². The fraction of sp³-hybridized carbons (Fsp3) is 0.552. The molecule has 9 heteroatoms. The van der Waals surface area contributed by atoms with Gasteiger partial charge in [-0.3, -0.25) is 14.4 Å². The molecule has 1 spiro atoms. The summed E-state index contributed by atoms with van der Waals surface area (Å²) < 4.78 is 12.0. The Morgan fingerprint density at radius 3 is 2.47 bits per heavy atom. The Morgan fingerprint density at radius 2 is 1.82 bits per heavy atom. The summed E-state index contributed by atoms with van der Waals surface area (Å²) in [6.45, 7) is 8.05. The summed E-state index contributed by atoms with van der Waals surface area (Å²) in [5, 5.41) is 10.2. The van der Waals surface area contributed by atoms with Gasteiger partial charge in [-0.2, -0.15) is 0 Å². The Balaban J connectivity index is 1.58. The molecule has 2 amide bonds. The molecular formula is C29H37N3O6. The van der Waals surface area contributed by atoms with Crippen LogP contribution in [-0.4, -0.2) is 84.4 Å². The summed E-state index contributed by atoms with van der Waals surface area (Å²) in [6.07, 6.45) is 7.72. The quantitative estimate of drug-likeness (QED) is 0.432. The Morgan fingerprint density at radius 1 is 1.08 bits per heavy atom. The number of fused-ring (bicyclic) bond motifs is 2. The number of esters is 1. The largest absolute Gasteiger partial charge is 0.465 e. The zero-order valence-corrected chi connectivity index (χ0v) is 22.3. The van der Waals surface area contributed by atoms with Crippen LogP contribution in [0.5, 0.6) is 0 Å². The molecule has 0 bridgehead atoms. The van der Waals surface area contributed by atoms with Gasteiger partial charge in [0.05, 0.1) is 31.3 Å². The first-order chi connectivity index (χ1) is 18.4. The zero-order chi connectivity index (χ0) is 27.0. The molecule has 204 valence electrons. The molecule has 1 unspecified atom stereocenters. The Hall–Kier alpha value is -3.17. The molecule has 1 aromatic rings. The number of benzene rings is 1. The Labute approximate surface area is 223 Å². The van der Waals surface area contributed by atoms with Crippen molar-refractivity contribution in [3.63, 3.8) is 0 Å². The van der Waals surface area contributed by atoms with Gasteiger partial charge in [-0.15, -0.1) is 0 Å². The highest BCUT2D eigenvalue weighted by Crippen LogP contribution is 2.54. The second kappa shape index (κ2) is 10.5. The first-order valence-electron chi connectivity index (χ1n) is 13.7. The highest BCUT2D eigenvalue weighted by Gasteiger charge is 2.72. The van der Waals surface area contributed by atoms with Crippen molar-refractivity contribution in [1.29, 1.82) is 0 Å². The number of aliphatic hydroxyl groups is 1. The van der Waals surface area contributed by atoms with Crippen molar-refractivity contribution >= 4 is 29.2 Å². The van der Waals surface area contributed by atoms with E-state index in [0.29, 0.717) is 25.1 Å². The van der Waals surface area contributed by atoms with Gasteiger partial charge in [-0.1, -0.05) is 31.2 Å². The smallest absolute Gasteiger partial charge is 0.312 e. The predicted octanol–water partition coefficient (Wildman–Crippen LogP) is 2.29. The molecule has 0 radical (unpaired) electrons. The van der Waals surface area contributed by atoms with Crippen LogP contribution >= 0.6 is 0 Å². The topological polar surface area (TPSA) is 99.6 Å². The Kier molecular flexibility index (Phi) is 7.33. The van der Waals surface area contributed by atoms with Gasteiger partial charge >= 0.3 is 5.97 Å². The van der Waals surface area contributed by atoms with Crippen LogP contribution < -0.4 is 9.80 Å². The molecule has 6 atom stereocenters. The van der Waals surface area contributed by atoms with Crippen LogP contribution in [-0.2, 0) is 23.9 Å². The lowest BCUT2D eigenvalue weighted by Crippen LogP contribution is -2.58. The van der Waals surface area contributed by atoms with Gasteiger partial charge in [-0.05, 0) is 51.0 Å². The maximum absolute atomic E-state index is 14.4. The average molecular weight is 524 g/mol. The summed E-state index contributed by atoms with van der Waals surface area (Å²) in [6, 6.07) is 6.23. The number of amides is 2. The maximum Gasteiger partial charge on any atom is 0.312 e. The lowest BCUT2D eigenvalue weighted by Gasteiger charge is -2.38. The van der Waals surface area contributed by atoms with Gasteiger partial charge in [0, 0.05) is 31.0 Å². The fourth-order valence-electron chi connectivity index (χ4n) is 6.52. The van der Waals surface area contributed by atoms with Crippen LogP contribution in [0, 0.1) is 11.8 Å². The monoisotopic (exact) mass is 523 g/mol. The van der Waals surface area contributed by atoms with E-state index in [-0.39, 0.29) is 25.0 Å². The van der Waals surface area contributed by atoms with Gasteiger partial charge in [0.25, 0.3) is 5.91 Å². The summed E-state index contributed by atoms with van der Waals surface area (Å²) in [7, 11) is 0. The molecule has 2 saturated heterocycles. The van der Waals surface area contributed by atoms with Gasteiger partial charge in [0.2, 0.25) is 5.91 Å². The van der Waals surface area contributed by atoms with Crippen molar-refractivity contribution < 1.29 is 29.0 Å². The van der Waals surface area contributed by atoms with Crippen LogP contribution in [0.15, 0.2) is 48.6 Å². The van der Waals surface area contributed by atoms with Gasteiger partial charge in [0.1, 0.15) is 17.6 Å². The molecule has 0 saturated carbocycles. The number of ether oxygens (including phenoxy) is 2. The standard InChI is InChI=1S/C29H37N3O6/c1-4-19(18-33)32-25-27(35)31(21-13-11-20(12-14-21)30(5-2)6-3)16-9-15-29(25)24(26(32)34)23-22(38-29)10-7-8-17-37-28(23)36/h7,9-15,19,22-25,33H,4-6,8,16-18H2,1-3H3/t19-,22+,23-,24-,25?,29-/m0/s1. The molecule has 0 aromatic heterocycles. The third kappa shape index (κ3) is 4.03. The molecule has 4 heterocycles. The van der Waals surface area contributed by atoms with E-state index in [4.69, 9.17) is 9.47 Å². The highest BCUT2D eigenvalue weighted by atomic mass is 16.6. The number of rotatable bonds is 7. The van der Waals surface area contributed by atoms with E-state index in [1.54, 1.807) is 11.0 Å². The number of anilines is 2. The summed E-state index contributed by atoms with van der Waals surface area (Å²) >= 11 is 0. The second-order valence-corrected chi connectivity index (χ2v) is 10.3. The van der Waals surface area contributed by atoms with E-state index in [9.17, 15) is 19.5 Å². The molecule has 1 N–H and O–H groups in total. The Bertz CT molecular complexity index is 1130.